The summed E-state index contributed by atoms with van der Waals surface area (Å²) in [5.41, 5.74) is 1.12. The maximum Gasteiger partial charge on any atom is 0.314 e. The van der Waals surface area contributed by atoms with Crippen molar-refractivity contribution >= 4 is 21.6 Å². The van der Waals surface area contributed by atoms with E-state index in [-0.39, 0.29) is 10.6 Å². The molecule has 2 N–H and O–H groups in total. The van der Waals surface area contributed by atoms with E-state index in [1.807, 2.05) is 0 Å². The van der Waals surface area contributed by atoms with E-state index in [4.69, 9.17) is 21.5 Å². The Kier molecular flexibility index (Phi) is 6.60. The summed E-state index contributed by atoms with van der Waals surface area (Å²) in [6, 6.07) is 12.7. The summed E-state index contributed by atoms with van der Waals surface area (Å²) in [6.07, 6.45) is 2.28. The minimum Gasteiger partial charge on any atom is -0.487 e. The average Bonchev–Trinajstić information content (AvgIpc) is 2.68. The number of rotatable bonds is 7. The lowest BCUT2D eigenvalue weighted by molar-refractivity contribution is 0.285. The summed E-state index contributed by atoms with van der Waals surface area (Å²) in [6.45, 7) is 4.48. The normalized spacial score (nSPS) is 11.6. The van der Waals surface area contributed by atoms with Crippen molar-refractivity contribution in [3.8, 4) is 22.6 Å². The number of ether oxygens (including phenoxy) is 1. The van der Waals surface area contributed by atoms with Crippen LogP contribution in [0.1, 0.15) is 20.3 Å². The van der Waals surface area contributed by atoms with Crippen LogP contribution < -0.4 is 15.4 Å². The van der Waals surface area contributed by atoms with Crippen molar-refractivity contribution in [3.05, 3.63) is 70.1 Å². The molecule has 0 bridgehead atoms. The Morgan fingerprint density at radius 3 is 2.47 bits per heavy atom. The standard InChI is InChI=1S/C21H22ClN3O4S/c1-14(2)10-11-29-20-19(15-6-8-18(9-7-15)30(23,27)28)13-24-25(21(20)26)17-5-3-4-16(22)12-17/h3-9,12-14H,10-11H2,1-2H3,(H2,23,27,28). The zero-order valence-electron chi connectivity index (χ0n) is 16.6. The molecule has 9 heteroatoms. The molecular formula is C21H22ClN3O4S. The van der Waals surface area contributed by atoms with Gasteiger partial charge in [-0.3, -0.25) is 4.79 Å². The van der Waals surface area contributed by atoms with E-state index >= 15 is 0 Å². The summed E-state index contributed by atoms with van der Waals surface area (Å²) < 4.78 is 30.1. The van der Waals surface area contributed by atoms with Gasteiger partial charge < -0.3 is 4.74 Å². The van der Waals surface area contributed by atoms with Crippen molar-refractivity contribution < 1.29 is 13.2 Å². The smallest absolute Gasteiger partial charge is 0.314 e. The Labute approximate surface area is 180 Å². The van der Waals surface area contributed by atoms with Gasteiger partial charge in [0.1, 0.15) is 0 Å². The quantitative estimate of drug-likeness (QED) is 0.595. The predicted molar refractivity (Wildman–Crippen MR) is 117 cm³/mol. The molecule has 0 unspecified atom stereocenters. The van der Waals surface area contributed by atoms with Crippen LogP contribution in [0.25, 0.3) is 16.8 Å². The summed E-state index contributed by atoms with van der Waals surface area (Å²) >= 11 is 6.05. The van der Waals surface area contributed by atoms with Gasteiger partial charge in [0.15, 0.2) is 5.75 Å². The molecule has 0 saturated heterocycles. The molecule has 0 aliphatic heterocycles. The van der Waals surface area contributed by atoms with Crippen LogP contribution in [0.4, 0.5) is 0 Å². The fraction of sp³-hybridized carbons (Fsp3) is 0.238. The Morgan fingerprint density at radius 1 is 1.17 bits per heavy atom. The van der Waals surface area contributed by atoms with Crippen LogP contribution >= 0.6 is 11.6 Å². The Morgan fingerprint density at radius 2 is 1.87 bits per heavy atom. The van der Waals surface area contributed by atoms with Crippen molar-refractivity contribution in [2.24, 2.45) is 11.1 Å². The zero-order chi connectivity index (χ0) is 21.9. The van der Waals surface area contributed by atoms with Gasteiger partial charge in [-0.15, -0.1) is 0 Å². The van der Waals surface area contributed by atoms with E-state index in [0.29, 0.717) is 34.4 Å². The number of sulfonamides is 1. The molecule has 0 atom stereocenters. The molecule has 7 nitrogen and oxygen atoms in total. The highest BCUT2D eigenvalue weighted by molar-refractivity contribution is 7.89. The summed E-state index contributed by atoms with van der Waals surface area (Å²) in [4.78, 5) is 13.2. The number of benzene rings is 2. The lowest BCUT2D eigenvalue weighted by Gasteiger charge is -2.14. The molecular weight excluding hydrogens is 426 g/mol. The van der Waals surface area contributed by atoms with Crippen LogP contribution in [0.15, 0.2) is 64.4 Å². The van der Waals surface area contributed by atoms with Gasteiger partial charge in [0, 0.05) is 10.6 Å². The van der Waals surface area contributed by atoms with E-state index in [1.54, 1.807) is 36.4 Å². The van der Waals surface area contributed by atoms with Crippen LogP contribution in [0.2, 0.25) is 5.02 Å². The molecule has 30 heavy (non-hydrogen) atoms. The molecule has 2 aromatic carbocycles. The molecule has 0 aliphatic rings. The number of hydrogen-bond acceptors (Lipinski definition) is 5. The highest BCUT2D eigenvalue weighted by Gasteiger charge is 2.17. The van der Waals surface area contributed by atoms with Gasteiger partial charge in [0.05, 0.1) is 23.4 Å². The SMILES string of the molecule is CC(C)CCOc1c(-c2ccc(S(N)(=O)=O)cc2)cnn(-c2cccc(Cl)c2)c1=O. The van der Waals surface area contributed by atoms with Gasteiger partial charge in [-0.25, -0.2) is 13.6 Å². The van der Waals surface area contributed by atoms with Crippen molar-refractivity contribution in [2.45, 2.75) is 25.2 Å². The maximum atomic E-state index is 13.2. The first kappa shape index (κ1) is 22.0. The van der Waals surface area contributed by atoms with Crippen molar-refractivity contribution in [3.63, 3.8) is 0 Å². The number of aromatic nitrogens is 2. The van der Waals surface area contributed by atoms with Gasteiger partial charge in [-0.05, 0) is 48.2 Å². The van der Waals surface area contributed by atoms with Gasteiger partial charge in [-0.1, -0.05) is 43.6 Å². The lowest BCUT2D eigenvalue weighted by Crippen LogP contribution is -2.24. The Hall–Kier alpha value is -2.68. The topological polar surface area (TPSA) is 104 Å². The first-order chi connectivity index (χ1) is 14.2. The lowest BCUT2D eigenvalue weighted by atomic mass is 10.1. The zero-order valence-corrected chi connectivity index (χ0v) is 18.2. The third-order valence-corrected chi connectivity index (χ3v) is 5.59. The van der Waals surface area contributed by atoms with E-state index < -0.39 is 15.6 Å². The fourth-order valence-corrected chi connectivity index (χ4v) is 3.50. The van der Waals surface area contributed by atoms with Crippen molar-refractivity contribution in [1.82, 2.24) is 9.78 Å². The molecule has 1 aromatic heterocycles. The molecule has 1 heterocycles. The second kappa shape index (κ2) is 8.99. The van der Waals surface area contributed by atoms with Gasteiger partial charge in [0.2, 0.25) is 10.0 Å². The number of primary sulfonamides is 1. The average molecular weight is 448 g/mol. The van der Waals surface area contributed by atoms with E-state index in [0.717, 1.165) is 6.42 Å². The minimum absolute atomic E-state index is 0.0197. The summed E-state index contributed by atoms with van der Waals surface area (Å²) in [5.74, 6) is 0.536. The highest BCUT2D eigenvalue weighted by atomic mass is 35.5. The van der Waals surface area contributed by atoms with Crippen LogP contribution in [-0.2, 0) is 10.0 Å². The molecule has 0 radical (unpaired) electrons. The highest BCUT2D eigenvalue weighted by Crippen LogP contribution is 2.28. The summed E-state index contributed by atoms with van der Waals surface area (Å²) in [5, 5.41) is 9.90. The maximum absolute atomic E-state index is 13.2. The van der Waals surface area contributed by atoms with Crippen LogP contribution in [-0.4, -0.2) is 24.8 Å². The van der Waals surface area contributed by atoms with E-state index in [2.05, 4.69) is 18.9 Å². The Balaban J connectivity index is 2.10. The third kappa shape index (κ3) is 5.08. The monoisotopic (exact) mass is 447 g/mol. The van der Waals surface area contributed by atoms with E-state index in [1.165, 1.54) is 23.0 Å². The molecule has 0 saturated carbocycles. The van der Waals surface area contributed by atoms with Gasteiger partial charge in [-0.2, -0.15) is 9.78 Å². The minimum atomic E-state index is -3.82. The molecule has 0 amide bonds. The van der Waals surface area contributed by atoms with Crippen LogP contribution in [0, 0.1) is 5.92 Å². The number of nitrogens with two attached hydrogens (primary N) is 1. The first-order valence-corrected chi connectivity index (χ1v) is 11.2. The summed E-state index contributed by atoms with van der Waals surface area (Å²) in [7, 11) is -3.82. The van der Waals surface area contributed by atoms with Crippen molar-refractivity contribution in [1.29, 1.82) is 0 Å². The predicted octanol–water partition coefficient (Wildman–Crippen LogP) is 3.63. The van der Waals surface area contributed by atoms with Crippen LogP contribution in [0.5, 0.6) is 5.75 Å². The van der Waals surface area contributed by atoms with Crippen LogP contribution in [0.3, 0.4) is 0 Å². The molecule has 0 fully saturated rings. The second-order valence-corrected chi connectivity index (χ2v) is 9.18. The molecule has 0 spiro atoms. The number of nitrogens with zero attached hydrogens (tertiary/aromatic N) is 2. The molecule has 3 rings (SSSR count). The van der Waals surface area contributed by atoms with Crippen molar-refractivity contribution in [2.75, 3.05) is 6.61 Å². The van der Waals surface area contributed by atoms with Gasteiger partial charge >= 0.3 is 5.56 Å². The van der Waals surface area contributed by atoms with E-state index in [9.17, 15) is 13.2 Å². The largest absolute Gasteiger partial charge is 0.487 e. The molecule has 3 aromatic rings. The first-order valence-electron chi connectivity index (χ1n) is 9.31. The number of halogens is 1. The Bertz CT molecular complexity index is 1210. The molecule has 0 aliphatic carbocycles. The van der Waals surface area contributed by atoms with Gasteiger partial charge in [0.25, 0.3) is 0 Å². The molecule has 158 valence electrons. The third-order valence-electron chi connectivity index (χ3n) is 4.42. The second-order valence-electron chi connectivity index (χ2n) is 7.18. The fourth-order valence-electron chi connectivity index (χ4n) is 2.80. The number of hydrogen-bond donors (Lipinski definition) is 1.